The highest BCUT2D eigenvalue weighted by atomic mass is 35.5. The summed E-state index contributed by atoms with van der Waals surface area (Å²) in [5, 5.41) is 0.391. The Morgan fingerprint density at radius 2 is 1.45 bits per heavy atom. The maximum absolute atomic E-state index is 13.1. The Hall–Kier alpha value is -2.70. The third-order valence-electron chi connectivity index (χ3n) is 4.35. The number of sulfonamides is 1. The van der Waals surface area contributed by atoms with Crippen LogP contribution in [-0.4, -0.2) is 15.5 Å². The molecule has 7 heteroatoms. The molecule has 0 spiro atoms. The molecule has 0 aliphatic carbocycles. The van der Waals surface area contributed by atoms with Crippen molar-refractivity contribution in [1.29, 1.82) is 0 Å². The van der Waals surface area contributed by atoms with Gasteiger partial charge in [-0.2, -0.15) is 0 Å². The number of halogens is 1. The molecule has 0 saturated heterocycles. The molecule has 0 fully saturated rings. The molecule has 0 atom stereocenters. The van der Waals surface area contributed by atoms with Crippen molar-refractivity contribution < 1.29 is 17.9 Å². The molecule has 5 nitrogen and oxygen atoms in total. The summed E-state index contributed by atoms with van der Waals surface area (Å²) in [4.78, 5) is 0.249. The van der Waals surface area contributed by atoms with Crippen LogP contribution < -0.4 is 14.2 Å². The molecule has 0 aliphatic heterocycles. The molecule has 0 amide bonds. The van der Waals surface area contributed by atoms with E-state index in [0.717, 1.165) is 5.56 Å². The third kappa shape index (κ3) is 4.83. The molecule has 152 valence electrons. The van der Waals surface area contributed by atoms with Crippen LogP contribution in [0.5, 0.6) is 17.2 Å². The van der Waals surface area contributed by atoms with Crippen LogP contribution in [0.1, 0.15) is 16.7 Å². The van der Waals surface area contributed by atoms with Crippen molar-refractivity contribution in [1.82, 2.24) is 0 Å². The van der Waals surface area contributed by atoms with Gasteiger partial charge in [-0.25, -0.2) is 8.42 Å². The van der Waals surface area contributed by atoms with Crippen molar-refractivity contribution in [3.8, 4) is 17.2 Å². The van der Waals surface area contributed by atoms with Crippen LogP contribution in [0.25, 0.3) is 0 Å². The number of methoxy groups -OCH3 is 1. The van der Waals surface area contributed by atoms with Gasteiger partial charge in [0, 0.05) is 5.02 Å². The molecule has 3 aromatic rings. The van der Waals surface area contributed by atoms with Crippen LogP contribution in [0.15, 0.2) is 59.5 Å². The number of hydrogen-bond acceptors (Lipinski definition) is 4. The average Bonchev–Trinajstić information content (AvgIpc) is 2.63. The maximum atomic E-state index is 13.1. The van der Waals surface area contributed by atoms with Crippen LogP contribution in [0.3, 0.4) is 0 Å². The minimum atomic E-state index is -3.84. The molecule has 0 heterocycles. The minimum Gasteiger partial charge on any atom is -0.497 e. The molecule has 0 radical (unpaired) electrons. The monoisotopic (exact) mass is 431 g/mol. The Labute approximate surface area is 176 Å². The molecule has 3 rings (SSSR count). The van der Waals surface area contributed by atoms with E-state index >= 15 is 0 Å². The second-order valence-electron chi connectivity index (χ2n) is 6.75. The summed E-state index contributed by atoms with van der Waals surface area (Å²) in [5.41, 5.74) is 2.61. The van der Waals surface area contributed by atoms with E-state index in [2.05, 4.69) is 4.72 Å². The van der Waals surface area contributed by atoms with Crippen molar-refractivity contribution in [2.24, 2.45) is 0 Å². The highest BCUT2D eigenvalue weighted by molar-refractivity contribution is 7.92. The van der Waals surface area contributed by atoms with Gasteiger partial charge in [0.1, 0.15) is 11.5 Å². The van der Waals surface area contributed by atoms with Gasteiger partial charge < -0.3 is 9.47 Å². The van der Waals surface area contributed by atoms with Gasteiger partial charge in [-0.1, -0.05) is 29.3 Å². The lowest BCUT2D eigenvalue weighted by Gasteiger charge is -2.17. The number of rotatable bonds is 6. The molecule has 1 N–H and O–H groups in total. The second-order valence-corrected chi connectivity index (χ2v) is 8.81. The van der Waals surface area contributed by atoms with Crippen molar-refractivity contribution in [2.75, 3.05) is 11.8 Å². The Kier molecular flexibility index (Phi) is 6.05. The normalized spacial score (nSPS) is 11.2. The summed E-state index contributed by atoms with van der Waals surface area (Å²) in [6, 6.07) is 15.5. The topological polar surface area (TPSA) is 64.6 Å². The van der Waals surface area contributed by atoms with Crippen LogP contribution in [0.2, 0.25) is 5.02 Å². The lowest BCUT2D eigenvalue weighted by atomic mass is 10.1. The Balaban J connectivity index is 1.97. The number of nitrogens with one attached hydrogen (secondary N) is 1. The molecular formula is C22H22ClNO4S. The van der Waals surface area contributed by atoms with E-state index in [1.54, 1.807) is 57.4 Å². The first-order valence-electron chi connectivity index (χ1n) is 8.92. The Morgan fingerprint density at radius 3 is 2.03 bits per heavy atom. The Morgan fingerprint density at radius 1 is 0.862 bits per heavy atom. The smallest absolute Gasteiger partial charge is 0.262 e. The van der Waals surface area contributed by atoms with Crippen molar-refractivity contribution >= 4 is 27.3 Å². The first-order valence-corrected chi connectivity index (χ1v) is 10.8. The molecule has 0 saturated carbocycles. The zero-order chi connectivity index (χ0) is 21.2. The van der Waals surface area contributed by atoms with Crippen molar-refractivity contribution in [3.05, 3.63) is 76.3 Å². The van der Waals surface area contributed by atoms with E-state index in [9.17, 15) is 8.42 Å². The highest BCUT2D eigenvalue weighted by Crippen LogP contribution is 2.35. The van der Waals surface area contributed by atoms with Gasteiger partial charge in [0.2, 0.25) is 0 Å². The van der Waals surface area contributed by atoms with Gasteiger partial charge in [0.15, 0.2) is 5.75 Å². The highest BCUT2D eigenvalue weighted by Gasteiger charge is 2.22. The molecular weight excluding hydrogens is 410 g/mol. The zero-order valence-corrected chi connectivity index (χ0v) is 18.2. The van der Waals surface area contributed by atoms with Crippen LogP contribution >= 0.6 is 11.6 Å². The first-order chi connectivity index (χ1) is 13.7. The lowest BCUT2D eigenvalue weighted by molar-refractivity contribution is 0.413. The van der Waals surface area contributed by atoms with E-state index in [4.69, 9.17) is 21.1 Å². The van der Waals surface area contributed by atoms with Gasteiger partial charge in [0.25, 0.3) is 10.0 Å². The Bertz CT molecular complexity index is 1120. The molecule has 29 heavy (non-hydrogen) atoms. The van der Waals surface area contributed by atoms with Gasteiger partial charge in [-0.15, -0.1) is 0 Å². The maximum Gasteiger partial charge on any atom is 0.262 e. The largest absolute Gasteiger partial charge is 0.497 e. The quantitative estimate of drug-likeness (QED) is 0.530. The minimum absolute atomic E-state index is 0.249. The molecule has 0 aromatic heterocycles. The predicted molar refractivity (Wildman–Crippen MR) is 116 cm³/mol. The molecule has 0 aliphatic rings. The summed E-state index contributed by atoms with van der Waals surface area (Å²) in [5.74, 6) is 1.57. The standard InChI is InChI=1S/C22H22ClNO4S/c1-14-11-15(2)22(16(3)12-14)29(25,26)24-20-13-17(23)5-10-21(20)28-19-8-6-18(27-4)7-9-19/h5-13,24H,1-4H3. The fourth-order valence-corrected chi connectivity index (χ4v) is 4.92. The van der Waals surface area contributed by atoms with Gasteiger partial charge in [-0.3, -0.25) is 4.72 Å². The first kappa shape index (κ1) is 21.0. The summed E-state index contributed by atoms with van der Waals surface area (Å²) in [7, 11) is -2.26. The fraction of sp³-hybridized carbons (Fsp3) is 0.182. The summed E-state index contributed by atoms with van der Waals surface area (Å²) < 4.78 is 39.9. The summed E-state index contributed by atoms with van der Waals surface area (Å²) >= 11 is 6.11. The van der Waals surface area contributed by atoms with E-state index in [1.165, 1.54) is 6.07 Å². The second kappa shape index (κ2) is 8.35. The van der Waals surface area contributed by atoms with Crippen LogP contribution in [0.4, 0.5) is 5.69 Å². The van der Waals surface area contributed by atoms with E-state index < -0.39 is 10.0 Å². The number of anilines is 1. The zero-order valence-electron chi connectivity index (χ0n) is 16.6. The van der Waals surface area contributed by atoms with E-state index in [1.807, 2.05) is 19.1 Å². The molecule has 0 bridgehead atoms. The SMILES string of the molecule is COc1ccc(Oc2ccc(Cl)cc2NS(=O)(=O)c2c(C)cc(C)cc2C)cc1. The average molecular weight is 432 g/mol. The summed E-state index contributed by atoms with van der Waals surface area (Å²) in [6.07, 6.45) is 0. The molecule has 0 unspecified atom stereocenters. The van der Waals surface area contributed by atoms with Gasteiger partial charge >= 0.3 is 0 Å². The van der Waals surface area contributed by atoms with Gasteiger partial charge in [-0.05, 0) is 74.4 Å². The van der Waals surface area contributed by atoms with Crippen LogP contribution in [-0.2, 0) is 10.0 Å². The van der Waals surface area contributed by atoms with Crippen molar-refractivity contribution in [3.63, 3.8) is 0 Å². The predicted octanol–water partition coefficient (Wildman–Crippen LogP) is 5.87. The molecule has 3 aromatic carbocycles. The van der Waals surface area contributed by atoms with Crippen molar-refractivity contribution in [2.45, 2.75) is 25.7 Å². The van der Waals surface area contributed by atoms with Crippen LogP contribution in [0, 0.1) is 20.8 Å². The number of benzene rings is 3. The number of ether oxygens (including phenoxy) is 2. The number of hydrogen-bond donors (Lipinski definition) is 1. The fourth-order valence-electron chi connectivity index (χ4n) is 3.23. The van der Waals surface area contributed by atoms with E-state index in [-0.39, 0.29) is 10.6 Å². The summed E-state index contributed by atoms with van der Waals surface area (Å²) in [6.45, 7) is 5.49. The third-order valence-corrected chi connectivity index (χ3v) is 6.25. The lowest BCUT2D eigenvalue weighted by Crippen LogP contribution is -2.16. The van der Waals surface area contributed by atoms with Gasteiger partial charge in [0.05, 0.1) is 17.7 Å². The van der Waals surface area contributed by atoms with E-state index in [0.29, 0.717) is 33.4 Å². The number of aryl methyl sites for hydroxylation is 3.